The lowest BCUT2D eigenvalue weighted by molar-refractivity contribution is 0.844. The predicted molar refractivity (Wildman–Crippen MR) is 76.6 cm³/mol. The van der Waals surface area contributed by atoms with E-state index in [2.05, 4.69) is 24.0 Å². The maximum absolute atomic E-state index is 6.12. The van der Waals surface area contributed by atoms with Crippen LogP contribution in [-0.2, 0) is 0 Å². The first-order valence-corrected chi connectivity index (χ1v) is 6.95. The zero-order chi connectivity index (χ0) is 13.3. The van der Waals surface area contributed by atoms with Crippen LogP contribution in [0.25, 0.3) is 11.4 Å². The maximum atomic E-state index is 6.12. The normalized spacial score (nSPS) is 11.2. The molecule has 96 valence electrons. The van der Waals surface area contributed by atoms with E-state index in [0.717, 1.165) is 0 Å². The summed E-state index contributed by atoms with van der Waals surface area (Å²) in [5, 5.41) is 10.2. The number of nitrogen functional groups attached to an aromatic ring is 1. The van der Waals surface area contributed by atoms with E-state index in [1.54, 1.807) is 30.0 Å². The minimum Gasteiger partial charge on any atom is -0.335 e. The molecular weight excluding hydrogens is 291 g/mol. The van der Waals surface area contributed by atoms with Crippen LogP contribution in [0.5, 0.6) is 0 Å². The first kappa shape index (κ1) is 13.5. The van der Waals surface area contributed by atoms with E-state index < -0.39 is 0 Å². The third kappa shape index (κ3) is 2.74. The number of benzene rings is 1. The Morgan fingerprint density at radius 1 is 1.28 bits per heavy atom. The van der Waals surface area contributed by atoms with Gasteiger partial charge in [-0.3, -0.25) is 0 Å². The lowest BCUT2D eigenvalue weighted by Crippen LogP contribution is -2.12. The van der Waals surface area contributed by atoms with Crippen molar-refractivity contribution in [2.45, 2.75) is 24.3 Å². The molecule has 2 aromatic rings. The second-order valence-electron chi connectivity index (χ2n) is 3.97. The van der Waals surface area contributed by atoms with Crippen LogP contribution in [-0.4, -0.2) is 20.1 Å². The van der Waals surface area contributed by atoms with Gasteiger partial charge < -0.3 is 5.84 Å². The molecule has 7 heteroatoms. The fraction of sp³-hybridized carbons (Fsp3) is 0.273. The molecule has 0 unspecified atom stereocenters. The zero-order valence-electron chi connectivity index (χ0n) is 9.89. The summed E-state index contributed by atoms with van der Waals surface area (Å²) in [5.41, 5.74) is 0.715. The summed E-state index contributed by atoms with van der Waals surface area (Å²) in [6.45, 7) is 4.13. The third-order valence-corrected chi connectivity index (χ3v) is 3.69. The zero-order valence-corrected chi connectivity index (χ0v) is 12.2. The van der Waals surface area contributed by atoms with Gasteiger partial charge in [0.05, 0.1) is 5.02 Å². The summed E-state index contributed by atoms with van der Waals surface area (Å²) >= 11 is 13.5. The molecular formula is C11H12Cl2N4S. The molecule has 0 fully saturated rings. The maximum Gasteiger partial charge on any atom is 0.210 e. The Bertz CT molecular complexity index is 568. The lowest BCUT2D eigenvalue weighted by Gasteiger charge is -2.06. The van der Waals surface area contributed by atoms with Gasteiger partial charge in [-0.25, -0.2) is 4.68 Å². The SMILES string of the molecule is CC(C)Sc1nnc(-c2ccc(Cl)cc2Cl)n1N. The van der Waals surface area contributed by atoms with Crippen LogP contribution in [0.4, 0.5) is 0 Å². The summed E-state index contributed by atoms with van der Waals surface area (Å²) < 4.78 is 1.44. The van der Waals surface area contributed by atoms with Gasteiger partial charge in [0, 0.05) is 15.8 Å². The molecule has 0 radical (unpaired) electrons. The third-order valence-electron chi connectivity index (χ3n) is 2.18. The van der Waals surface area contributed by atoms with Gasteiger partial charge in [0.25, 0.3) is 0 Å². The highest BCUT2D eigenvalue weighted by atomic mass is 35.5. The molecule has 1 heterocycles. The molecule has 0 amide bonds. The molecule has 18 heavy (non-hydrogen) atoms. The number of nitrogens with zero attached hydrogens (tertiary/aromatic N) is 3. The predicted octanol–water partition coefficient (Wildman–Crippen LogP) is 3.47. The van der Waals surface area contributed by atoms with Crippen molar-refractivity contribution < 1.29 is 0 Å². The van der Waals surface area contributed by atoms with Gasteiger partial charge in [0.1, 0.15) is 0 Å². The van der Waals surface area contributed by atoms with Crippen molar-refractivity contribution in [1.29, 1.82) is 0 Å². The van der Waals surface area contributed by atoms with E-state index in [-0.39, 0.29) is 0 Å². The smallest absolute Gasteiger partial charge is 0.210 e. The molecule has 1 aromatic heterocycles. The van der Waals surface area contributed by atoms with Crippen molar-refractivity contribution in [3.8, 4) is 11.4 Å². The molecule has 0 aliphatic heterocycles. The van der Waals surface area contributed by atoms with Gasteiger partial charge >= 0.3 is 0 Å². The fourth-order valence-corrected chi connectivity index (χ4v) is 2.63. The van der Waals surface area contributed by atoms with Gasteiger partial charge in [-0.15, -0.1) is 10.2 Å². The minimum absolute atomic E-state index is 0.380. The van der Waals surface area contributed by atoms with E-state index in [1.807, 2.05) is 0 Å². The number of hydrogen-bond donors (Lipinski definition) is 1. The van der Waals surface area contributed by atoms with Crippen molar-refractivity contribution in [2.75, 3.05) is 5.84 Å². The summed E-state index contributed by atoms with van der Waals surface area (Å²) in [5.74, 6) is 6.50. The van der Waals surface area contributed by atoms with E-state index in [9.17, 15) is 0 Å². The number of nitrogens with two attached hydrogens (primary N) is 1. The van der Waals surface area contributed by atoms with Crippen molar-refractivity contribution >= 4 is 35.0 Å². The van der Waals surface area contributed by atoms with Crippen LogP contribution in [0.2, 0.25) is 10.0 Å². The second-order valence-corrected chi connectivity index (χ2v) is 6.35. The standard InChI is InChI=1S/C11H12Cl2N4S/c1-6(2)18-11-16-15-10(17(11)14)8-4-3-7(12)5-9(8)13/h3-6H,14H2,1-2H3. The molecule has 2 N–H and O–H groups in total. The van der Waals surface area contributed by atoms with Crippen LogP contribution >= 0.6 is 35.0 Å². The molecule has 0 saturated heterocycles. The number of hydrogen-bond acceptors (Lipinski definition) is 4. The Hall–Kier alpha value is -0.910. The Kier molecular flexibility index (Phi) is 4.04. The van der Waals surface area contributed by atoms with Crippen LogP contribution in [0.15, 0.2) is 23.4 Å². The highest BCUT2D eigenvalue weighted by Gasteiger charge is 2.15. The Balaban J connectivity index is 2.42. The molecule has 1 aromatic carbocycles. The molecule has 0 aliphatic carbocycles. The van der Waals surface area contributed by atoms with E-state index in [1.165, 1.54) is 4.68 Å². The van der Waals surface area contributed by atoms with E-state index in [0.29, 0.717) is 31.8 Å². The summed E-state index contributed by atoms with van der Waals surface area (Å²) in [7, 11) is 0. The number of halogens is 2. The molecule has 2 rings (SSSR count). The van der Waals surface area contributed by atoms with Crippen LogP contribution < -0.4 is 5.84 Å². The Morgan fingerprint density at radius 3 is 2.61 bits per heavy atom. The summed E-state index contributed by atoms with van der Waals surface area (Å²) in [4.78, 5) is 0. The van der Waals surface area contributed by atoms with Crippen molar-refractivity contribution in [1.82, 2.24) is 14.9 Å². The summed E-state index contributed by atoms with van der Waals surface area (Å²) in [6, 6.07) is 5.18. The first-order chi connectivity index (χ1) is 8.49. The average Bonchev–Trinajstić information content (AvgIpc) is 2.60. The largest absolute Gasteiger partial charge is 0.335 e. The lowest BCUT2D eigenvalue weighted by atomic mass is 10.2. The number of aromatic nitrogens is 3. The van der Waals surface area contributed by atoms with Crippen molar-refractivity contribution in [2.24, 2.45) is 0 Å². The van der Waals surface area contributed by atoms with Gasteiger partial charge in [-0.2, -0.15) is 0 Å². The van der Waals surface area contributed by atoms with Gasteiger partial charge in [0.2, 0.25) is 5.16 Å². The van der Waals surface area contributed by atoms with Gasteiger partial charge in [-0.05, 0) is 18.2 Å². The molecule has 0 bridgehead atoms. The Morgan fingerprint density at radius 2 is 2.00 bits per heavy atom. The Labute approximate surface area is 119 Å². The number of rotatable bonds is 3. The highest BCUT2D eigenvalue weighted by molar-refractivity contribution is 7.99. The van der Waals surface area contributed by atoms with Crippen LogP contribution in [0, 0.1) is 0 Å². The first-order valence-electron chi connectivity index (χ1n) is 5.31. The quantitative estimate of drug-likeness (QED) is 0.697. The molecule has 0 saturated carbocycles. The average molecular weight is 303 g/mol. The monoisotopic (exact) mass is 302 g/mol. The molecule has 4 nitrogen and oxygen atoms in total. The molecule has 0 atom stereocenters. The van der Waals surface area contributed by atoms with E-state index in [4.69, 9.17) is 29.0 Å². The second kappa shape index (κ2) is 5.38. The fourth-order valence-electron chi connectivity index (χ4n) is 1.42. The van der Waals surface area contributed by atoms with Crippen molar-refractivity contribution in [3.05, 3.63) is 28.2 Å². The molecule has 0 aliphatic rings. The number of thioether (sulfide) groups is 1. The van der Waals surface area contributed by atoms with Crippen molar-refractivity contribution in [3.63, 3.8) is 0 Å². The summed E-state index contributed by atoms with van der Waals surface area (Å²) in [6.07, 6.45) is 0. The topological polar surface area (TPSA) is 56.7 Å². The van der Waals surface area contributed by atoms with Gasteiger partial charge in [-0.1, -0.05) is 48.8 Å². The highest BCUT2D eigenvalue weighted by Crippen LogP contribution is 2.30. The van der Waals surface area contributed by atoms with Crippen LogP contribution in [0.1, 0.15) is 13.8 Å². The minimum atomic E-state index is 0.380. The van der Waals surface area contributed by atoms with E-state index >= 15 is 0 Å². The van der Waals surface area contributed by atoms with Crippen LogP contribution in [0.3, 0.4) is 0 Å². The van der Waals surface area contributed by atoms with Gasteiger partial charge in [0.15, 0.2) is 5.82 Å². The molecule has 0 spiro atoms.